The Bertz CT molecular complexity index is 895. The molecular weight excluding hydrogens is 332 g/mol. The lowest BCUT2D eigenvalue weighted by Gasteiger charge is -2.16. The molecule has 26 heavy (non-hydrogen) atoms. The number of hydrogen-bond donors (Lipinski definition) is 3. The summed E-state index contributed by atoms with van der Waals surface area (Å²) < 4.78 is 5.42. The molecule has 4 rings (SSSR count). The summed E-state index contributed by atoms with van der Waals surface area (Å²) in [4.78, 5) is 17.2. The number of hydrogen-bond acceptors (Lipinski definition) is 9. The van der Waals surface area contributed by atoms with Crippen LogP contribution in [0.4, 0.5) is 11.8 Å². The number of nitrogen functional groups attached to an aromatic ring is 1. The third kappa shape index (κ3) is 3.33. The second kappa shape index (κ2) is 7.04. The Balaban J connectivity index is 1.58. The standard InChI is InChI=1S/C17H20N8O/c1-10(16-23-14(25-26-16)11-2-6-19-7-3-11)21-15-12-4-8-20-9-5-13(12)22-17(18)24-15/h2-3,6-7,10,20H,4-5,8-9H2,1H3,(H3,18,21,22,24)/t10-/m1/s1. The van der Waals surface area contributed by atoms with Gasteiger partial charge in [-0.15, -0.1) is 0 Å². The summed E-state index contributed by atoms with van der Waals surface area (Å²) in [7, 11) is 0. The highest BCUT2D eigenvalue weighted by Gasteiger charge is 2.20. The number of aromatic nitrogens is 5. The molecule has 9 heteroatoms. The minimum absolute atomic E-state index is 0.215. The van der Waals surface area contributed by atoms with Gasteiger partial charge in [-0.2, -0.15) is 9.97 Å². The minimum atomic E-state index is -0.215. The van der Waals surface area contributed by atoms with Crippen molar-refractivity contribution in [3.63, 3.8) is 0 Å². The van der Waals surface area contributed by atoms with Crippen LogP contribution in [-0.4, -0.2) is 38.2 Å². The van der Waals surface area contributed by atoms with Crippen LogP contribution < -0.4 is 16.4 Å². The van der Waals surface area contributed by atoms with Gasteiger partial charge in [0.05, 0.1) is 5.69 Å². The number of nitrogens with two attached hydrogens (primary N) is 1. The lowest BCUT2D eigenvalue weighted by molar-refractivity contribution is 0.367. The molecule has 0 bridgehead atoms. The summed E-state index contributed by atoms with van der Waals surface area (Å²) in [6, 6.07) is 3.46. The molecule has 1 atom stereocenters. The molecule has 134 valence electrons. The number of anilines is 2. The molecule has 1 aliphatic heterocycles. The van der Waals surface area contributed by atoms with Crippen LogP contribution in [0.5, 0.6) is 0 Å². The molecule has 0 aromatic carbocycles. The minimum Gasteiger partial charge on any atom is -0.368 e. The summed E-state index contributed by atoms with van der Waals surface area (Å²) in [5, 5.41) is 10.8. The molecule has 0 radical (unpaired) electrons. The van der Waals surface area contributed by atoms with Crippen molar-refractivity contribution in [3.8, 4) is 11.4 Å². The maximum atomic E-state index is 5.89. The average Bonchev–Trinajstić information content (AvgIpc) is 3.03. The zero-order valence-electron chi connectivity index (χ0n) is 14.4. The highest BCUT2D eigenvalue weighted by Crippen LogP contribution is 2.25. The van der Waals surface area contributed by atoms with Crippen molar-refractivity contribution >= 4 is 11.8 Å². The quantitative estimate of drug-likeness (QED) is 0.637. The van der Waals surface area contributed by atoms with Gasteiger partial charge in [-0.1, -0.05) is 5.16 Å². The molecule has 0 saturated heterocycles. The summed E-state index contributed by atoms with van der Waals surface area (Å²) in [5.41, 5.74) is 8.82. The number of fused-ring (bicyclic) bond motifs is 1. The molecule has 0 spiro atoms. The fourth-order valence-corrected chi connectivity index (χ4v) is 2.98. The first-order chi connectivity index (χ1) is 12.7. The Morgan fingerprint density at radius 2 is 1.96 bits per heavy atom. The van der Waals surface area contributed by atoms with Gasteiger partial charge in [0.15, 0.2) is 0 Å². The predicted octanol–water partition coefficient (Wildman–Crippen LogP) is 1.37. The van der Waals surface area contributed by atoms with Crippen molar-refractivity contribution in [1.29, 1.82) is 0 Å². The molecule has 0 saturated carbocycles. The summed E-state index contributed by atoms with van der Waals surface area (Å²) in [6.07, 6.45) is 5.06. The molecule has 0 aliphatic carbocycles. The van der Waals surface area contributed by atoms with E-state index < -0.39 is 0 Å². The molecule has 4 heterocycles. The van der Waals surface area contributed by atoms with Crippen molar-refractivity contribution in [2.75, 3.05) is 24.1 Å². The SMILES string of the molecule is C[C@@H](Nc1nc(N)nc2c1CCNCC2)c1nc(-c2ccncc2)no1. The van der Waals surface area contributed by atoms with Crippen LogP contribution >= 0.6 is 0 Å². The topological polar surface area (TPSA) is 128 Å². The summed E-state index contributed by atoms with van der Waals surface area (Å²) in [6.45, 7) is 3.72. The van der Waals surface area contributed by atoms with E-state index in [1.54, 1.807) is 12.4 Å². The van der Waals surface area contributed by atoms with Gasteiger partial charge in [-0.25, -0.2) is 4.98 Å². The van der Waals surface area contributed by atoms with Gasteiger partial charge in [0.25, 0.3) is 0 Å². The van der Waals surface area contributed by atoms with E-state index in [2.05, 4.69) is 35.7 Å². The molecule has 3 aromatic rings. The van der Waals surface area contributed by atoms with E-state index in [0.717, 1.165) is 48.6 Å². The van der Waals surface area contributed by atoms with Gasteiger partial charge >= 0.3 is 0 Å². The van der Waals surface area contributed by atoms with Crippen LogP contribution in [0.1, 0.15) is 30.1 Å². The maximum absolute atomic E-state index is 5.89. The molecule has 9 nitrogen and oxygen atoms in total. The second-order valence-electron chi connectivity index (χ2n) is 6.16. The molecule has 1 aliphatic rings. The molecule has 0 fully saturated rings. The van der Waals surface area contributed by atoms with Gasteiger partial charge in [-0.3, -0.25) is 4.98 Å². The maximum Gasteiger partial charge on any atom is 0.249 e. The monoisotopic (exact) mass is 352 g/mol. The van der Waals surface area contributed by atoms with Gasteiger partial charge in [0.1, 0.15) is 11.9 Å². The zero-order chi connectivity index (χ0) is 17.9. The lowest BCUT2D eigenvalue weighted by atomic mass is 10.1. The van der Waals surface area contributed by atoms with Crippen LogP contribution in [0.3, 0.4) is 0 Å². The molecule has 4 N–H and O–H groups in total. The summed E-state index contributed by atoms with van der Waals surface area (Å²) >= 11 is 0. The van der Waals surface area contributed by atoms with Crippen molar-refractivity contribution in [3.05, 3.63) is 41.7 Å². The number of nitrogens with one attached hydrogen (secondary N) is 2. The Morgan fingerprint density at radius 3 is 2.81 bits per heavy atom. The number of nitrogens with zero attached hydrogens (tertiary/aromatic N) is 5. The van der Waals surface area contributed by atoms with Crippen molar-refractivity contribution in [1.82, 2.24) is 30.4 Å². The van der Waals surface area contributed by atoms with E-state index in [0.29, 0.717) is 11.7 Å². The second-order valence-corrected chi connectivity index (χ2v) is 6.16. The van der Waals surface area contributed by atoms with Gasteiger partial charge in [0, 0.05) is 36.5 Å². The number of rotatable bonds is 4. The Morgan fingerprint density at radius 1 is 1.15 bits per heavy atom. The van der Waals surface area contributed by atoms with Crippen molar-refractivity contribution in [2.24, 2.45) is 0 Å². The van der Waals surface area contributed by atoms with E-state index in [1.807, 2.05) is 19.1 Å². The zero-order valence-corrected chi connectivity index (χ0v) is 14.4. The van der Waals surface area contributed by atoms with E-state index in [1.165, 1.54) is 0 Å². The van der Waals surface area contributed by atoms with E-state index in [9.17, 15) is 0 Å². The van der Waals surface area contributed by atoms with Crippen molar-refractivity contribution < 1.29 is 4.52 Å². The van der Waals surface area contributed by atoms with Gasteiger partial charge in [-0.05, 0) is 32.0 Å². The third-order valence-electron chi connectivity index (χ3n) is 4.30. The molecule has 3 aromatic heterocycles. The normalized spacial score (nSPS) is 15.1. The van der Waals surface area contributed by atoms with Crippen LogP contribution in [0.2, 0.25) is 0 Å². The van der Waals surface area contributed by atoms with Crippen LogP contribution in [0, 0.1) is 0 Å². The Hall–Kier alpha value is -3.07. The summed E-state index contributed by atoms with van der Waals surface area (Å²) in [5.74, 6) is 2.01. The first kappa shape index (κ1) is 16.4. The fourth-order valence-electron chi connectivity index (χ4n) is 2.98. The predicted molar refractivity (Wildman–Crippen MR) is 96.3 cm³/mol. The largest absolute Gasteiger partial charge is 0.368 e. The smallest absolute Gasteiger partial charge is 0.249 e. The fraction of sp³-hybridized carbons (Fsp3) is 0.353. The average molecular weight is 352 g/mol. The van der Waals surface area contributed by atoms with E-state index in [-0.39, 0.29) is 12.0 Å². The van der Waals surface area contributed by atoms with Crippen LogP contribution in [0.15, 0.2) is 29.0 Å². The molecule has 0 unspecified atom stereocenters. The highest BCUT2D eigenvalue weighted by atomic mass is 16.5. The van der Waals surface area contributed by atoms with E-state index in [4.69, 9.17) is 10.3 Å². The Labute approximate surface area is 150 Å². The molecule has 0 amide bonds. The van der Waals surface area contributed by atoms with Gasteiger partial charge in [0.2, 0.25) is 17.7 Å². The molecular formula is C17H20N8O. The van der Waals surface area contributed by atoms with Crippen LogP contribution in [-0.2, 0) is 12.8 Å². The lowest BCUT2D eigenvalue weighted by Crippen LogP contribution is -2.16. The van der Waals surface area contributed by atoms with Gasteiger partial charge < -0.3 is 20.9 Å². The number of pyridine rings is 1. The van der Waals surface area contributed by atoms with Crippen molar-refractivity contribution in [2.45, 2.75) is 25.8 Å². The van der Waals surface area contributed by atoms with Crippen LogP contribution in [0.25, 0.3) is 11.4 Å². The van der Waals surface area contributed by atoms with E-state index >= 15 is 0 Å². The first-order valence-corrected chi connectivity index (χ1v) is 8.57. The first-order valence-electron chi connectivity index (χ1n) is 8.57. The Kier molecular flexibility index (Phi) is 4.44. The third-order valence-corrected chi connectivity index (χ3v) is 4.30. The highest BCUT2D eigenvalue weighted by molar-refractivity contribution is 5.54.